The van der Waals surface area contributed by atoms with E-state index in [0.717, 1.165) is 0 Å². The lowest BCUT2D eigenvalue weighted by Crippen LogP contribution is -2.10. The zero-order valence-electron chi connectivity index (χ0n) is 3.76. The Bertz CT molecular complexity index is 30.0. The monoisotopic (exact) mass is 87.1 g/mol. The first-order chi connectivity index (χ1) is 2.77. The molecule has 0 aliphatic carbocycles. The van der Waals surface area contributed by atoms with Gasteiger partial charge in [-0.25, -0.2) is 0 Å². The fraction of sp³-hybridized carbons (Fsp3) is 0.667. The average Bonchev–Trinajstić information content (AvgIpc) is 1.35. The number of rotatable bonds is 2. The van der Waals surface area contributed by atoms with Crippen molar-refractivity contribution in [1.29, 1.82) is 0 Å². The Balaban J connectivity index is 2.63. The van der Waals surface area contributed by atoms with E-state index in [1.54, 1.807) is 0 Å². The second kappa shape index (κ2) is 3.19. The Labute approximate surface area is 38.0 Å². The van der Waals surface area contributed by atoms with Gasteiger partial charge in [0.2, 0.25) is 0 Å². The van der Waals surface area contributed by atoms with Crippen LogP contribution in [0.15, 0.2) is 0 Å². The summed E-state index contributed by atoms with van der Waals surface area (Å²) in [6.45, 7) is 1.85. The van der Waals surface area contributed by atoms with Crippen molar-refractivity contribution in [2.24, 2.45) is 0 Å². The van der Waals surface area contributed by atoms with Crippen LogP contribution >= 0.6 is 0 Å². The second-order valence-corrected chi connectivity index (χ2v) is 1.06. The van der Waals surface area contributed by atoms with Crippen LogP contribution in [-0.2, 0) is 0 Å². The smallest absolute Gasteiger partial charge is 0.427 e. The predicted octanol–water partition coefficient (Wildman–Crippen LogP) is -0.387. The summed E-state index contributed by atoms with van der Waals surface area (Å²) in [5.41, 5.74) is 0. The summed E-state index contributed by atoms with van der Waals surface area (Å²) >= 11 is 0. The first-order valence-corrected chi connectivity index (χ1v) is 1.97. The fourth-order valence-electron chi connectivity index (χ4n) is 0.211. The highest BCUT2D eigenvalue weighted by atomic mass is 16.4. The summed E-state index contributed by atoms with van der Waals surface area (Å²) in [7, 11) is -1.23. The van der Waals surface area contributed by atoms with Gasteiger partial charge in [-0.05, 0) is 6.32 Å². The molecular formula is C3H8BO2. The van der Waals surface area contributed by atoms with Gasteiger partial charge in [-0.3, -0.25) is 0 Å². The third-order valence-corrected chi connectivity index (χ3v) is 0.447. The third-order valence-electron chi connectivity index (χ3n) is 0.447. The molecule has 0 aliphatic rings. The quantitative estimate of drug-likeness (QED) is 0.450. The van der Waals surface area contributed by atoms with Crippen LogP contribution in [0.25, 0.3) is 0 Å². The van der Waals surface area contributed by atoms with Crippen molar-refractivity contribution >= 4 is 7.12 Å². The summed E-state index contributed by atoms with van der Waals surface area (Å²) in [5, 5.41) is 16.1. The molecule has 0 saturated carbocycles. The van der Waals surface area contributed by atoms with Crippen LogP contribution in [-0.4, -0.2) is 17.2 Å². The van der Waals surface area contributed by atoms with Gasteiger partial charge >= 0.3 is 7.12 Å². The van der Waals surface area contributed by atoms with Crippen LogP contribution in [0.2, 0.25) is 0 Å². The summed E-state index contributed by atoms with van der Waals surface area (Å²) < 4.78 is 0. The van der Waals surface area contributed by atoms with E-state index < -0.39 is 7.12 Å². The van der Waals surface area contributed by atoms with Crippen LogP contribution in [0, 0.1) is 6.32 Å². The molecule has 0 spiro atoms. The molecule has 3 heteroatoms. The summed E-state index contributed by atoms with van der Waals surface area (Å²) in [5.74, 6) is 0. The Kier molecular flexibility index (Phi) is 3.18. The molecule has 2 N–H and O–H groups in total. The normalized spacial score (nSPS) is 8.50. The van der Waals surface area contributed by atoms with Crippen LogP contribution in [0.5, 0.6) is 0 Å². The molecule has 35 valence electrons. The molecular weight excluding hydrogens is 78.8 g/mol. The molecule has 0 aromatic carbocycles. The van der Waals surface area contributed by atoms with E-state index in [4.69, 9.17) is 10.0 Å². The van der Waals surface area contributed by atoms with E-state index in [1.165, 1.54) is 6.32 Å². The first kappa shape index (κ1) is 5.98. The van der Waals surface area contributed by atoms with Gasteiger partial charge in [0.25, 0.3) is 0 Å². The van der Waals surface area contributed by atoms with E-state index >= 15 is 0 Å². The molecule has 0 aromatic heterocycles. The van der Waals surface area contributed by atoms with Gasteiger partial charge in [0, 0.05) is 0 Å². The van der Waals surface area contributed by atoms with Crippen LogP contribution in [0.4, 0.5) is 0 Å². The Morgan fingerprint density at radius 3 is 2.17 bits per heavy atom. The van der Waals surface area contributed by atoms with Crippen molar-refractivity contribution in [3.63, 3.8) is 0 Å². The molecule has 0 fully saturated rings. The van der Waals surface area contributed by atoms with Gasteiger partial charge < -0.3 is 10.0 Å². The lowest BCUT2D eigenvalue weighted by molar-refractivity contribution is 0.416. The average molecular weight is 86.9 g/mol. The van der Waals surface area contributed by atoms with Crippen molar-refractivity contribution in [3.05, 3.63) is 6.32 Å². The summed E-state index contributed by atoms with van der Waals surface area (Å²) in [6, 6.07) is 0. The molecule has 0 bridgehead atoms. The molecule has 6 heavy (non-hydrogen) atoms. The zero-order chi connectivity index (χ0) is 4.99. The molecule has 1 radical (unpaired) electrons. The van der Waals surface area contributed by atoms with Gasteiger partial charge in [0.1, 0.15) is 0 Å². The van der Waals surface area contributed by atoms with Gasteiger partial charge in [-0.1, -0.05) is 13.3 Å². The maximum absolute atomic E-state index is 8.05. The van der Waals surface area contributed by atoms with E-state index in [9.17, 15) is 0 Å². The van der Waals surface area contributed by atoms with Gasteiger partial charge in [-0.15, -0.1) is 0 Å². The van der Waals surface area contributed by atoms with Crippen LogP contribution in [0.3, 0.4) is 0 Å². The fourth-order valence-corrected chi connectivity index (χ4v) is 0.211. The topological polar surface area (TPSA) is 40.5 Å². The minimum atomic E-state index is -1.23. The summed E-state index contributed by atoms with van der Waals surface area (Å²) in [6.07, 6.45) is 2.11. The molecule has 0 aromatic rings. The van der Waals surface area contributed by atoms with Crippen molar-refractivity contribution in [2.75, 3.05) is 0 Å². The van der Waals surface area contributed by atoms with E-state index in [-0.39, 0.29) is 0 Å². The standard InChI is InChI=1S/C3H8BO2/c1-2-3-4(5)6/h3,5-6H,2H2,1H3. The van der Waals surface area contributed by atoms with Gasteiger partial charge in [-0.2, -0.15) is 0 Å². The molecule has 2 nitrogen and oxygen atoms in total. The number of hydrogen-bond acceptors (Lipinski definition) is 2. The van der Waals surface area contributed by atoms with Crippen molar-refractivity contribution < 1.29 is 10.0 Å². The Hall–Kier alpha value is -0.0151. The maximum Gasteiger partial charge on any atom is 0.454 e. The minimum Gasteiger partial charge on any atom is -0.427 e. The van der Waals surface area contributed by atoms with Crippen molar-refractivity contribution in [3.8, 4) is 0 Å². The highest BCUT2D eigenvalue weighted by Gasteiger charge is 2.01. The largest absolute Gasteiger partial charge is 0.454 e. The van der Waals surface area contributed by atoms with Crippen LogP contribution in [0.1, 0.15) is 13.3 Å². The molecule has 0 unspecified atom stereocenters. The number of hydrogen-bond donors (Lipinski definition) is 2. The highest BCUT2D eigenvalue weighted by molar-refractivity contribution is 6.45. The van der Waals surface area contributed by atoms with E-state index in [2.05, 4.69) is 0 Å². The molecule has 0 aliphatic heterocycles. The minimum absolute atomic E-state index is 0.706. The third kappa shape index (κ3) is 3.98. The lowest BCUT2D eigenvalue weighted by atomic mass is 9.85. The van der Waals surface area contributed by atoms with Gasteiger partial charge in [0.15, 0.2) is 0 Å². The van der Waals surface area contributed by atoms with E-state index in [0.29, 0.717) is 6.42 Å². The highest BCUT2D eigenvalue weighted by Crippen LogP contribution is 1.82. The molecule has 0 atom stereocenters. The van der Waals surface area contributed by atoms with Crippen molar-refractivity contribution in [2.45, 2.75) is 13.3 Å². The molecule has 0 rings (SSSR count). The zero-order valence-corrected chi connectivity index (χ0v) is 3.76. The lowest BCUT2D eigenvalue weighted by Gasteiger charge is -1.87. The molecule has 0 saturated heterocycles. The second-order valence-electron chi connectivity index (χ2n) is 1.06. The SMILES string of the molecule is CC[CH]B(O)O. The molecule has 0 amide bonds. The predicted molar refractivity (Wildman–Crippen MR) is 24.8 cm³/mol. The Morgan fingerprint density at radius 2 is 2.17 bits per heavy atom. The summed E-state index contributed by atoms with van der Waals surface area (Å²) in [4.78, 5) is 0. The maximum atomic E-state index is 8.05. The van der Waals surface area contributed by atoms with E-state index in [1.807, 2.05) is 6.92 Å². The van der Waals surface area contributed by atoms with Gasteiger partial charge in [0.05, 0.1) is 0 Å². The van der Waals surface area contributed by atoms with Crippen LogP contribution < -0.4 is 0 Å². The van der Waals surface area contributed by atoms with Crippen molar-refractivity contribution in [1.82, 2.24) is 0 Å². The Morgan fingerprint density at radius 1 is 1.67 bits per heavy atom. The first-order valence-electron chi connectivity index (χ1n) is 1.97. The molecule has 0 heterocycles.